The second-order valence-corrected chi connectivity index (χ2v) is 7.45. The van der Waals surface area contributed by atoms with Crippen molar-refractivity contribution < 1.29 is 9.53 Å². The Labute approximate surface area is 168 Å². The van der Waals surface area contributed by atoms with Crippen LogP contribution in [0.2, 0.25) is 0 Å². The van der Waals surface area contributed by atoms with Crippen molar-refractivity contribution in [2.45, 2.75) is 32.2 Å². The van der Waals surface area contributed by atoms with E-state index in [4.69, 9.17) is 4.74 Å². The molecule has 0 aromatic heterocycles. The molecular formula is C23H31N3O2. The summed E-state index contributed by atoms with van der Waals surface area (Å²) in [6.45, 7) is 5.01. The summed E-state index contributed by atoms with van der Waals surface area (Å²) in [4.78, 5) is 15.1. The van der Waals surface area contributed by atoms with Crippen LogP contribution in [0.25, 0.3) is 0 Å². The normalized spacial score (nSPS) is 16.5. The van der Waals surface area contributed by atoms with Crippen LogP contribution < -0.4 is 15.4 Å². The molecule has 2 aromatic rings. The molecule has 28 heavy (non-hydrogen) atoms. The number of nitrogens with zero attached hydrogens (tertiary/aromatic N) is 1. The topological polar surface area (TPSA) is 53.6 Å². The molecule has 0 radical (unpaired) electrons. The van der Waals surface area contributed by atoms with Crippen molar-refractivity contribution in [3.05, 3.63) is 54.6 Å². The van der Waals surface area contributed by atoms with Gasteiger partial charge >= 0.3 is 0 Å². The molecule has 1 unspecified atom stereocenters. The van der Waals surface area contributed by atoms with E-state index in [1.807, 2.05) is 68.6 Å². The lowest BCUT2D eigenvalue weighted by Gasteiger charge is -2.35. The number of para-hydroxylation sites is 3. The van der Waals surface area contributed by atoms with Gasteiger partial charge in [-0.3, -0.25) is 9.69 Å². The molecule has 3 rings (SSSR count). The summed E-state index contributed by atoms with van der Waals surface area (Å²) in [6, 6.07) is 17.0. The molecule has 1 atom stereocenters. The molecule has 0 bridgehead atoms. The highest BCUT2D eigenvalue weighted by Crippen LogP contribution is 2.29. The van der Waals surface area contributed by atoms with Crippen LogP contribution >= 0.6 is 0 Å². The van der Waals surface area contributed by atoms with Gasteiger partial charge in [0.15, 0.2) is 5.75 Å². The van der Waals surface area contributed by atoms with Crippen LogP contribution in [0.1, 0.15) is 26.2 Å². The van der Waals surface area contributed by atoms with Gasteiger partial charge in [0.05, 0.1) is 11.7 Å². The zero-order valence-electron chi connectivity index (χ0n) is 16.9. The molecular weight excluding hydrogens is 350 g/mol. The van der Waals surface area contributed by atoms with Crippen molar-refractivity contribution in [3.63, 3.8) is 0 Å². The number of likely N-dealkylation sites (tertiary alicyclic amines) is 1. The molecule has 0 aliphatic carbocycles. The molecule has 2 aromatic carbocycles. The van der Waals surface area contributed by atoms with E-state index in [1.54, 1.807) is 0 Å². The minimum atomic E-state index is -0.157. The zero-order valence-corrected chi connectivity index (χ0v) is 16.9. The number of hydrogen-bond acceptors (Lipinski definition) is 4. The maximum atomic E-state index is 12.9. The third-order valence-corrected chi connectivity index (χ3v) is 5.49. The molecule has 1 aliphatic heterocycles. The van der Waals surface area contributed by atoms with E-state index in [-0.39, 0.29) is 11.9 Å². The SMILES string of the molecule is CNCCC1CCN(C(C)C(=O)Nc2ccccc2Oc2ccccc2)CC1. The number of carbonyl (C=O) groups excluding carboxylic acids is 1. The molecule has 1 amide bonds. The summed E-state index contributed by atoms with van der Waals surface area (Å²) in [7, 11) is 2.00. The summed E-state index contributed by atoms with van der Waals surface area (Å²) >= 11 is 0. The third-order valence-electron chi connectivity index (χ3n) is 5.49. The molecule has 2 N–H and O–H groups in total. The van der Waals surface area contributed by atoms with Gasteiger partial charge in [0, 0.05) is 0 Å². The van der Waals surface area contributed by atoms with Gasteiger partial charge < -0.3 is 15.4 Å². The Hall–Kier alpha value is -2.37. The Bertz CT molecular complexity index is 743. The number of hydrogen-bond donors (Lipinski definition) is 2. The van der Waals surface area contributed by atoms with Crippen LogP contribution in [-0.2, 0) is 4.79 Å². The quantitative estimate of drug-likeness (QED) is 0.722. The number of nitrogens with one attached hydrogen (secondary N) is 2. The molecule has 1 saturated heterocycles. The van der Waals surface area contributed by atoms with Gasteiger partial charge in [-0.1, -0.05) is 30.3 Å². The van der Waals surface area contributed by atoms with Gasteiger partial charge in [-0.2, -0.15) is 0 Å². The first-order valence-corrected chi connectivity index (χ1v) is 10.2. The molecule has 1 heterocycles. The zero-order chi connectivity index (χ0) is 19.8. The van der Waals surface area contributed by atoms with Crippen LogP contribution in [0, 0.1) is 5.92 Å². The lowest BCUT2D eigenvalue weighted by atomic mass is 9.93. The summed E-state index contributed by atoms with van der Waals surface area (Å²) in [6.07, 6.45) is 3.54. The number of anilines is 1. The van der Waals surface area contributed by atoms with Crippen molar-refractivity contribution in [1.82, 2.24) is 10.2 Å². The number of carbonyl (C=O) groups is 1. The number of amides is 1. The predicted octanol–water partition coefficient (Wildman–Crippen LogP) is 4.13. The monoisotopic (exact) mass is 381 g/mol. The van der Waals surface area contributed by atoms with Crippen molar-refractivity contribution in [2.24, 2.45) is 5.92 Å². The predicted molar refractivity (Wildman–Crippen MR) is 114 cm³/mol. The standard InChI is InChI=1S/C23H31N3O2/c1-18(26-16-13-19(14-17-26)12-15-24-2)23(27)25-21-10-6-7-11-22(21)28-20-8-4-3-5-9-20/h3-11,18-19,24H,12-17H2,1-2H3,(H,25,27). The van der Waals surface area contributed by atoms with Gasteiger partial charge in [0.2, 0.25) is 5.91 Å². The van der Waals surface area contributed by atoms with Crippen molar-refractivity contribution >= 4 is 11.6 Å². The van der Waals surface area contributed by atoms with Gasteiger partial charge in [-0.05, 0) is 83.1 Å². The lowest BCUT2D eigenvalue weighted by molar-refractivity contribution is -0.121. The Morgan fingerprint density at radius 2 is 1.79 bits per heavy atom. The minimum absolute atomic E-state index is 0.0118. The van der Waals surface area contributed by atoms with Crippen molar-refractivity contribution in [1.29, 1.82) is 0 Å². The van der Waals surface area contributed by atoms with E-state index in [2.05, 4.69) is 15.5 Å². The second-order valence-electron chi connectivity index (χ2n) is 7.45. The first-order valence-electron chi connectivity index (χ1n) is 10.2. The van der Waals surface area contributed by atoms with Crippen LogP contribution in [0.4, 0.5) is 5.69 Å². The maximum Gasteiger partial charge on any atom is 0.241 e. The number of rotatable bonds is 8. The largest absolute Gasteiger partial charge is 0.455 e. The van der Waals surface area contributed by atoms with E-state index in [9.17, 15) is 4.79 Å². The van der Waals surface area contributed by atoms with E-state index in [1.165, 1.54) is 6.42 Å². The Morgan fingerprint density at radius 1 is 1.11 bits per heavy atom. The van der Waals surface area contributed by atoms with Crippen LogP contribution in [0.3, 0.4) is 0 Å². The van der Waals surface area contributed by atoms with Crippen LogP contribution in [0.15, 0.2) is 54.6 Å². The fourth-order valence-electron chi connectivity index (χ4n) is 3.65. The summed E-state index contributed by atoms with van der Waals surface area (Å²) in [5.41, 5.74) is 0.701. The minimum Gasteiger partial charge on any atom is -0.455 e. The van der Waals surface area contributed by atoms with E-state index in [0.717, 1.165) is 44.1 Å². The molecule has 1 fully saturated rings. The lowest BCUT2D eigenvalue weighted by Crippen LogP contribution is -2.46. The molecule has 5 nitrogen and oxygen atoms in total. The summed E-state index contributed by atoms with van der Waals surface area (Å²) in [5.74, 6) is 2.18. The summed E-state index contributed by atoms with van der Waals surface area (Å²) < 4.78 is 5.95. The Balaban J connectivity index is 1.57. The molecule has 5 heteroatoms. The number of benzene rings is 2. The van der Waals surface area contributed by atoms with Gasteiger partial charge in [0.25, 0.3) is 0 Å². The first-order chi connectivity index (χ1) is 13.7. The fraction of sp³-hybridized carbons (Fsp3) is 0.435. The van der Waals surface area contributed by atoms with Crippen LogP contribution in [0.5, 0.6) is 11.5 Å². The number of piperidine rings is 1. The summed E-state index contributed by atoms with van der Waals surface area (Å²) in [5, 5.41) is 6.29. The van der Waals surface area contributed by atoms with E-state index in [0.29, 0.717) is 11.4 Å². The maximum absolute atomic E-state index is 12.9. The van der Waals surface area contributed by atoms with Gasteiger partial charge in [-0.25, -0.2) is 0 Å². The highest BCUT2D eigenvalue weighted by Gasteiger charge is 2.26. The smallest absolute Gasteiger partial charge is 0.241 e. The average Bonchev–Trinajstić information content (AvgIpc) is 2.74. The van der Waals surface area contributed by atoms with Crippen molar-refractivity contribution in [2.75, 3.05) is 32.0 Å². The van der Waals surface area contributed by atoms with E-state index >= 15 is 0 Å². The Morgan fingerprint density at radius 3 is 2.50 bits per heavy atom. The van der Waals surface area contributed by atoms with Gasteiger partial charge in [0.1, 0.15) is 5.75 Å². The second kappa shape index (κ2) is 10.2. The molecule has 0 spiro atoms. The highest BCUT2D eigenvalue weighted by molar-refractivity contribution is 5.95. The number of ether oxygens (including phenoxy) is 1. The fourth-order valence-corrected chi connectivity index (χ4v) is 3.65. The highest BCUT2D eigenvalue weighted by atomic mass is 16.5. The third kappa shape index (κ3) is 5.57. The first kappa shape index (κ1) is 20.4. The van der Waals surface area contributed by atoms with E-state index < -0.39 is 0 Å². The van der Waals surface area contributed by atoms with Crippen molar-refractivity contribution in [3.8, 4) is 11.5 Å². The molecule has 1 aliphatic rings. The average molecular weight is 382 g/mol. The Kier molecular flexibility index (Phi) is 7.46. The molecule has 150 valence electrons. The van der Waals surface area contributed by atoms with Crippen LogP contribution in [-0.4, -0.2) is 43.5 Å². The van der Waals surface area contributed by atoms with Gasteiger partial charge in [-0.15, -0.1) is 0 Å². The molecule has 0 saturated carbocycles.